The number of imidazole rings is 1. The van der Waals surface area contributed by atoms with Crippen LogP contribution < -0.4 is 0 Å². The number of carbonyl (C=O) groups excluding carboxylic acids is 1. The third-order valence-corrected chi connectivity index (χ3v) is 8.69. The molecule has 0 aromatic carbocycles. The largest absolute Gasteiger partial charge is 0.462 e. The summed E-state index contributed by atoms with van der Waals surface area (Å²) in [5.41, 5.74) is 0. The van der Waals surface area contributed by atoms with Gasteiger partial charge in [-0.2, -0.15) is 0 Å². The van der Waals surface area contributed by atoms with Gasteiger partial charge in [0.05, 0.1) is 6.33 Å². The van der Waals surface area contributed by atoms with E-state index in [1.165, 1.54) is 148 Å². The summed E-state index contributed by atoms with van der Waals surface area (Å²) in [4.78, 5) is 19.5. The quantitative estimate of drug-likeness (QED) is 0.0619. The molecule has 5 nitrogen and oxygen atoms in total. The van der Waals surface area contributed by atoms with E-state index in [0.29, 0.717) is 6.42 Å². The van der Waals surface area contributed by atoms with E-state index in [2.05, 4.69) is 41.4 Å². The van der Waals surface area contributed by atoms with Crippen molar-refractivity contribution >= 4 is 5.97 Å². The van der Waals surface area contributed by atoms with Crippen molar-refractivity contribution in [3.05, 3.63) is 18.7 Å². The Bertz CT molecular complexity index is 679. The van der Waals surface area contributed by atoms with Crippen molar-refractivity contribution in [3.8, 4) is 0 Å². The minimum atomic E-state index is 0.0443. The van der Waals surface area contributed by atoms with E-state index in [1.807, 2.05) is 12.5 Å². The molecule has 42 heavy (non-hydrogen) atoms. The van der Waals surface area contributed by atoms with E-state index < -0.39 is 0 Å². The molecule has 0 fully saturated rings. The second-order valence-corrected chi connectivity index (χ2v) is 12.8. The molecule has 0 radical (unpaired) electrons. The van der Waals surface area contributed by atoms with Crippen molar-refractivity contribution in [2.75, 3.05) is 19.6 Å². The summed E-state index contributed by atoms with van der Waals surface area (Å²) < 4.78 is 8.18. The van der Waals surface area contributed by atoms with E-state index in [-0.39, 0.29) is 12.1 Å². The van der Waals surface area contributed by atoms with E-state index in [0.717, 1.165) is 32.2 Å². The monoisotopic (exact) mass is 590 g/mol. The normalized spacial score (nSPS) is 12.3. The Balaban J connectivity index is 2.23. The van der Waals surface area contributed by atoms with Crippen LogP contribution in [0, 0.1) is 0 Å². The molecule has 0 spiro atoms. The zero-order chi connectivity index (χ0) is 30.4. The summed E-state index contributed by atoms with van der Waals surface area (Å²) in [5.74, 6) is 0.0443. The molecule has 1 atom stereocenters. The van der Waals surface area contributed by atoms with Gasteiger partial charge >= 0.3 is 5.97 Å². The topological polar surface area (TPSA) is 47.4 Å². The Labute approximate surface area is 262 Å². The first-order valence-electron chi connectivity index (χ1n) is 18.6. The van der Waals surface area contributed by atoms with E-state index in [4.69, 9.17) is 4.74 Å². The first-order valence-corrected chi connectivity index (χ1v) is 18.6. The fraction of sp³-hybridized carbons (Fsp3) is 0.892. The van der Waals surface area contributed by atoms with Gasteiger partial charge in [0.1, 0.15) is 6.10 Å². The maximum absolute atomic E-state index is 12.6. The van der Waals surface area contributed by atoms with Gasteiger partial charge in [-0.15, -0.1) is 0 Å². The summed E-state index contributed by atoms with van der Waals surface area (Å²) in [7, 11) is 0. The molecule has 0 aliphatic carbocycles. The highest BCUT2D eigenvalue weighted by molar-refractivity contribution is 5.69. The fourth-order valence-corrected chi connectivity index (χ4v) is 5.94. The zero-order valence-corrected chi connectivity index (χ0v) is 28.5. The van der Waals surface area contributed by atoms with Gasteiger partial charge in [-0.05, 0) is 71.0 Å². The lowest BCUT2D eigenvalue weighted by Gasteiger charge is -2.22. The van der Waals surface area contributed by atoms with Gasteiger partial charge in [0.25, 0.3) is 0 Å². The number of aryl methyl sites for hydroxylation is 1. The van der Waals surface area contributed by atoms with Crippen molar-refractivity contribution < 1.29 is 9.53 Å². The molecule has 0 saturated heterocycles. The Kier molecular flexibility index (Phi) is 27.3. The third-order valence-electron chi connectivity index (χ3n) is 8.69. The first kappa shape index (κ1) is 38.7. The Morgan fingerprint density at radius 1 is 0.643 bits per heavy atom. The van der Waals surface area contributed by atoms with Crippen LogP contribution >= 0.6 is 0 Å². The van der Waals surface area contributed by atoms with Gasteiger partial charge in [-0.3, -0.25) is 4.79 Å². The van der Waals surface area contributed by atoms with Crippen molar-refractivity contribution in [2.24, 2.45) is 0 Å². The molecule has 0 aliphatic rings. The number of esters is 1. The van der Waals surface area contributed by atoms with Crippen LogP contribution in [0.3, 0.4) is 0 Å². The molecule has 0 amide bonds. The Morgan fingerprint density at radius 3 is 1.67 bits per heavy atom. The van der Waals surface area contributed by atoms with Crippen LogP contribution in [0.1, 0.15) is 181 Å². The van der Waals surface area contributed by atoms with Gasteiger partial charge in [0, 0.05) is 25.4 Å². The highest BCUT2D eigenvalue weighted by Gasteiger charge is 2.14. The second-order valence-electron chi connectivity index (χ2n) is 12.8. The average Bonchev–Trinajstić information content (AvgIpc) is 3.51. The second kappa shape index (κ2) is 29.7. The SMILES string of the molecule is CCCCCCCCCN(CCCCCCCC(=O)OC(CCCCCC)CCCCCCC)CCCn1ccnc1. The summed E-state index contributed by atoms with van der Waals surface area (Å²) >= 11 is 0. The zero-order valence-electron chi connectivity index (χ0n) is 28.5. The lowest BCUT2D eigenvalue weighted by atomic mass is 10.0. The molecule has 0 N–H and O–H groups in total. The fourth-order valence-electron chi connectivity index (χ4n) is 5.94. The Morgan fingerprint density at radius 2 is 1.12 bits per heavy atom. The third kappa shape index (κ3) is 24.1. The molecule has 246 valence electrons. The number of carbonyl (C=O) groups is 1. The molecule has 1 aromatic rings. The number of hydrogen-bond donors (Lipinski definition) is 0. The number of unbranched alkanes of at least 4 members (excludes halogenated alkanes) is 17. The number of ether oxygens (including phenoxy) is 1. The summed E-state index contributed by atoms with van der Waals surface area (Å²) in [5, 5.41) is 0. The van der Waals surface area contributed by atoms with Gasteiger partial charge in [0.2, 0.25) is 0 Å². The number of hydrogen-bond acceptors (Lipinski definition) is 4. The van der Waals surface area contributed by atoms with Crippen LogP contribution in [0.4, 0.5) is 0 Å². The summed E-state index contributed by atoms with van der Waals surface area (Å²) in [6.07, 6.45) is 36.8. The predicted molar refractivity (Wildman–Crippen MR) is 181 cm³/mol. The molecular formula is C37H71N3O2. The van der Waals surface area contributed by atoms with E-state index in [1.54, 1.807) is 0 Å². The molecule has 1 heterocycles. The van der Waals surface area contributed by atoms with Crippen LogP contribution in [0.25, 0.3) is 0 Å². The lowest BCUT2D eigenvalue weighted by Crippen LogP contribution is -2.28. The van der Waals surface area contributed by atoms with E-state index in [9.17, 15) is 4.79 Å². The molecule has 1 rings (SSSR count). The van der Waals surface area contributed by atoms with Crippen LogP contribution in [-0.2, 0) is 16.1 Å². The van der Waals surface area contributed by atoms with Crippen LogP contribution in [0.5, 0.6) is 0 Å². The molecule has 1 aromatic heterocycles. The molecule has 5 heteroatoms. The number of nitrogens with zero attached hydrogens (tertiary/aromatic N) is 3. The molecule has 0 aliphatic heterocycles. The van der Waals surface area contributed by atoms with Crippen LogP contribution in [0.2, 0.25) is 0 Å². The van der Waals surface area contributed by atoms with Crippen LogP contribution in [-0.4, -0.2) is 46.2 Å². The minimum absolute atomic E-state index is 0.0443. The molecule has 0 bridgehead atoms. The van der Waals surface area contributed by atoms with Crippen molar-refractivity contribution in [1.29, 1.82) is 0 Å². The smallest absolute Gasteiger partial charge is 0.306 e. The van der Waals surface area contributed by atoms with Gasteiger partial charge in [0.15, 0.2) is 0 Å². The van der Waals surface area contributed by atoms with Crippen molar-refractivity contribution in [3.63, 3.8) is 0 Å². The molecule has 1 unspecified atom stereocenters. The highest BCUT2D eigenvalue weighted by Crippen LogP contribution is 2.18. The predicted octanol–water partition coefficient (Wildman–Crippen LogP) is 10.9. The lowest BCUT2D eigenvalue weighted by molar-refractivity contribution is -0.150. The standard InChI is InChI=1S/C37H71N3O2/c1-4-7-10-13-14-18-23-30-39(32-25-33-40-34-29-38-35-40)31-24-19-15-17-22-28-37(41)42-36(26-20-12-9-6-3)27-21-16-11-8-5-2/h29,34-36H,4-28,30-33H2,1-3H3. The first-order chi connectivity index (χ1) is 20.7. The maximum Gasteiger partial charge on any atom is 0.306 e. The van der Waals surface area contributed by atoms with Gasteiger partial charge in [-0.1, -0.05) is 124 Å². The average molecular weight is 590 g/mol. The minimum Gasteiger partial charge on any atom is -0.462 e. The van der Waals surface area contributed by atoms with E-state index >= 15 is 0 Å². The number of aromatic nitrogens is 2. The van der Waals surface area contributed by atoms with Crippen molar-refractivity contribution in [1.82, 2.24) is 14.5 Å². The summed E-state index contributed by atoms with van der Waals surface area (Å²) in [6.45, 7) is 11.5. The molecular weight excluding hydrogens is 518 g/mol. The Hall–Kier alpha value is -1.36. The molecule has 0 saturated carbocycles. The summed E-state index contributed by atoms with van der Waals surface area (Å²) in [6, 6.07) is 0. The maximum atomic E-state index is 12.6. The van der Waals surface area contributed by atoms with Crippen molar-refractivity contribution in [2.45, 2.75) is 194 Å². The van der Waals surface area contributed by atoms with Gasteiger partial charge < -0.3 is 14.2 Å². The van der Waals surface area contributed by atoms with Crippen LogP contribution in [0.15, 0.2) is 18.7 Å². The highest BCUT2D eigenvalue weighted by atomic mass is 16.5. The van der Waals surface area contributed by atoms with Gasteiger partial charge in [-0.25, -0.2) is 4.98 Å². The number of rotatable bonds is 32.